The predicted molar refractivity (Wildman–Crippen MR) is 60.0 cm³/mol. The zero-order valence-corrected chi connectivity index (χ0v) is 9.71. The summed E-state index contributed by atoms with van der Waals surface area (Å²) in [5.74, 6) is 0.741. The van der Waals surface area contributed by atoms with E-state index < -0.39 is 0 Å². The standard InChI is InChI=1S/C12H23NO2/c1-2-14-9-11-7-13-12-6-4-3-5-10(12)8-15-11/h10-13H,2-9H2,1H3. The van der Waals surface area contributed by atoms with Gasteiger partial charge in [0.25, 0.3) is 0 Å². The van der Waals surface area contributed by atoms with Crippen molar-refractivity contribution in [3.63, 3.8) is 0 Å². The zero-order chi connectivity index (χ0) is 10.5. The van der Waals surface area contributed by atoms with Gasteiger partial charge in [-0.3, -0.25) is 0 Å². The molecule has 0 aromatic heterocycles. The molecule has 15 heavy (non-hydrogen) atoms. The van der Waals surface area contributed by atoms with Crippen LogP contribution in [-0.2, 0) is 9.47 Å². The van der Waals surface area contributed by atoms with Crippen LogP contribution in [0.15, 0.2) is 0 Å². The van der Waals surface area contributed by atoms with Gasteiger partial charge < -0.3 is 14.8 Å². The topological polar surface area (TPSA) is 30.5 Å². The Labute approximate surface area is 92.5 Å². The summed E-state index contributed by atoms with van der Waals surface area (Å²) in [5.41, 5.74) is 0. The first kappa shape index (κ1) is 11.4. The minimum absolute atomic E-state index is 0.260. The molecule has 0 aromatic rings. The number of rotatable bonds is 3. The van der Waals surface area contributed by atoms with Crippen molar-refractivity contribution in [2.24, 2.45) is 5.92 Å². The largest absolute Gasteiger partial charge is 0.379 e. The second-order valence-corrected chi connectivity index (χ2v) is 4.67. The van der Waals surface area contributed by atoms with E-state index in [-0.39, 0.29) is 6.10 Å². The lowest BCUT2D eigenvalue weighted by atomic mass is 9.85. The van der Waals surface area contributed by atoms with Gasteiger partial charge in [-0.1, -0.05) is 12.8 Å². The van der Waals surface area contributed by atoms with E-state index in [2.05, 4.69) is 5.32 Å². The highest BCUT2D eigenvalue weighted by Crippen LogP contribution is 2.26. The molecular formula is C12H23NO2. The summed E-state index contributed by atoms with van der Waals surface area (Å²) in [6.07, 6.45) is 5.68. The second kappa shape index (κ2) is 5.83. The molecule has 0 aromatic carbocycles. The van der Waals surface area contributed by atoms with Crippen molar-refractivity contribution in [1.29, 1.82) is 0 Å². The van der Waals surface area contributed by atoms with Crippen LogP contribution in [0.3, 0.4) is 0 Å². The molecule has 0 radical (unpaired) electrons. The van der Waals surface area contributed by atoms with E-state index in [1.807, 2.05) is 6.92 Å². The van der Waals surface area contributed by atoms with E-state index in [1.165, 1.54) is 25.7 Å². The maximum absolute atomic E-state index is 5.89. The van der Waals surface area contributed by atoms with Gasteiger partial charge in [-0.2, -0.15) is 0 Å². The highest BCUT2D eigenvalue weighted by Gasteiger charge is 2.29. The van der Waals surface area contributed by atoms with Crippen LogP contribution in [0.5, 0.6) is 0 Å². The third-order valence-electron chi connectivity index (χ3n) is 3.57. The van der Waals surface area contributed by atoms with Crippen LogP contribution in [0.1, 0.15) is 32.6 Å². The molecule has 3 nitrogen and oxygen atoms in total. The predicted octanol–water partition coefficient (Wildman–Crippen LogP) is 1.57. The van der Waals surface area contributed by atoms with Crippen LogP contribution in [0, 0.1) is 5.92 Å². The molecule has 1 aliphatic heterocycles. The van der Waals surface area contributed by atoms with Crippen molar-refractivity contribution in [3.05, 3.63) is 0 Å². The molecule has 3 unspecified atom stereocenters. The van der Waals surface area contributed by atoms with Crippen LogP contribution >= 0.6 is 0 Å². The molecule has 1 heterocycles. The normalized spacial score (nSPS) is 37.0. The first-order chi connectivity index (χ1) is 7.40. The van der Waals surface area contributed by atoms with Gasteiger partial charge in [-0.15, -0.1) is 0 Å². The van der Waals surface area contributed by atoms with Crippen molar-refractivity contribution in [3.8, 4) is 0 Å². The number of fused-ring (bicyclic) bond motifs is 1. The Bertz CT molecular complexity index is 170. The monoisotopic (exact) mass is 213 g/mol. The Morgan fingerprint density at radius 2 is 2.20 bits per heavy atom. The number of nitrogens with one attached hydrogen (secondary N) is 1. The Kier molecular flexibility index (Phi) is 4.42. The molecule has 2 fully saturated rings. The first-order valence-electron chi connectivity index (χ1n) is 6.33. The average molecular weight is 213 g/mol. The summed E-state index contributed by atoms with van der Waals surface area (Å²) in [6, 6.07) is 0.699. The maximum Gasteiger partial charge on any atom is 0.0932 e. The van der Waals surface area contributed by atoms with Crippen LogP contribution in [0.4, 0.5) is 0 Å². The SMILES string of the molecule is CCOCC1CNC2CCCCC2CO1. The molecular weight excluding hydrogens is 190 g/mol. The van der Waals surface area contributed by atoms with E-state index in [9.17, 15) is 0 Å². The van der Waals surface area contributed by atoms with E-state index in [1.54, 1.807) is 0 Å². The Balaban J connectivity index is 1.79. The van der Waals surface area contributed by atoms with Gasteiger partial charge in [-0.05, 0) is 25.7 Å². The molecule has 1 saturated carbocycles. The average Bonchev–Trinajstić information content (AvgIpc) is 2.49. The Hall–Kier alpha value is -0.120. The third-order valence-corrected chi connectivity index (χ3v) is 3.57. The van der Waals surface area contributed by atoms with Gasteiger partial charge in [0.1, 0.15) is 0 Å². The molecule has 1 saturated heterocycles. The minimum atomic E-state index is 0.260. The molecule has 3 atom stereocenters. The molecule has 0 spiro atoms. The third kappa shape index (κ3) is 3.16. The van der Waals surface area contributed by atoms with Crippen molar-refractivity contribution in [1.82, 2.24) is 5.32 Å². The van der Waals surface area contributed by atoms with Crippen LogP contribution in [-0.4, -0.2) is 38.5 Å². The van der Waals surface area contributed by atoms with Crippen molar-refractivity contribution < 1.29 is 9.47 Å². The molecule has 1 aliphatic carbocycles. The quantitative estimate of drug-likeness (QED) is 0.772. The molecule has 2 rings (SSSR count). The summed E-state index contributed by atoms with van der Waals surface area (Å²) in [4.78, 5) is 0. The first-order valence-corrected chi connectivity index (χ1v) is 6.33. The lowest BCUT2D eigenvalue weighted by Crippen LogP contribution is -2.40. The van der Waals surface area contributed by atoms with Gasteiger partial charge in [0.15, 0.2) is 0 Å². The van der Waals surface area contributed by atoms with Gasteiger partial charge in [0.2, 0.25) is 0 Å². The second-order valence-electron chi connectivity index (χ2n) is 4.67. The fourth-order valence-electron chi connectivity index (χ4n) is 2.63. The molecule has 0 amide bonds. The lowest BCUT2D eigenvalue weighted by Gasteiger charge is -2.29. The molecule has 0 bridgehead atoms. The van der Waals surface area contributed by atoms with Crippen LogP contribution in [0.2, 0.25) is 0 Å². The van der Waals surface area contributed by atoms with Crippen molar-refractivity contribution in [2.75, 3.05) is 26.4 Å². The highest BCUT2D eigenvalue weighted by atomic mass is 16.5. The lowest BCUT2D eigenvalue weighted by molar-refractivity contribution is -0.0158. The molecule has 3 heteroatoms. The van der Waals surface area contributed by atoms with Gasteiger partial charge in [0, 0.05) is 19.2 Å². The zero-order valence-electron chi connectivity index (χ0n) is 9.71. The molecule has 1 N–H and O–H groups in total. The summed E-state index contributed by atoms with van der Waals surface area (Å²) in [5, 5.41) is 3.64. The van der Waals surface area contributed by atoms with Crippen molar-refractivity contribution >= 4 is 0 Å². The minimum Gasteiger partial charge on any atom is -0.379 e. The number of ether oxygens (including phenoxy) is 2. The smallest absolute Gasteiger partial charge is 0.0932 e. The van der Waals surface area contributed by atoms with E-state index >= 15 is 0 Å². The molecule has 2 aliphatic rings. The molecule has 88 valence electrons. The fraction of sp³-hybridized carbons (Fsp3) is 1.00. The van der Waals surface area contributed by atoms with Gasteiger partial charge in [0.05, 0.1) is 19.3 Å². The van der Waals surface area contributed by atoms with E-state index in [0.717, 1.165) is 32.3 Å². The summed E-state index contributed by atoms with van der Waals surface area (Å²) in [6.45, 7) is 5.44. The van der Waals surface area contributed by atoms with E-state index in [4.69, 9.17) is 9.47 Å². The Morgan fingerprint density at radius 1 is 1.33 bits per heavy atom. The van der Waals surface area contributed by atoms with Crippen LogP contribution in [0.25, 0.3) is 0 Å². The Morgan fingerprint density at radius 3 is 3.07 bits per heavy atom. The summed E-state index contributed by atoms with van der Waals surface area (Å²) in [7, 11) is 0. The summed E-state index contributed by atoms with van der Waals surface area (Å²) < 4.78 is 11.3. The number of hydrogen-bond acceptors (Lipinski definition) is 3. The fourth-order valence-corrected chi connectivity index (χ4v) is 2.63. The number of hydrogen-bond donors (Lipinski definition) is 1. The van der Waals surface area contributed by atoms with E-state index in [0.29, 0.717) is 6.04 Å². The summed E-state index contributed by atoms with van der Waals surface area (Å²) >= 11 is 0. The van der Waals surface area contributed by atoms with Gasteiger partial charge >= 0.3 is 0 Å². The van der Waals surface area contributed by atoms with Gasteiger partial charge in [-0.25, -0.2) is 0 Å². The van der Waals surface area contributed by atoms with Crippen LogP contribution < -0.4 is 5.32 Å². The maximum atomic E-state index is 5.89. The highest BCUT2D eigenvalue weighted by molar-refractivity contribution is 4.84. The van der Waals surface area contributed by atoms with Crippen molar-refractivity contribution in [2.45, 2.75) is 44.8 Å².